The van der Waals surface area contributed by atoms with Gasteiger partial charge in [0.05, 0.1) is 29.9 Å². The molecule has 0 N–H and O–H groups in total. The normalized spacial score (nSPS) is 9.64. The number of ether oxygens (including phenoxy) is 2. The molecule has 2 aromatic carbocycles. The molecule has 0 atom stereocenters. The maximum absolute atomic E-state index is 12.1. The Morgan fingerprint density at radius 3 is 2.41 bits per heavy atom. The lowest BCUT2D eigenvalue weighted by atomic mass is 10.1. The molecule has 110 valence electrons. The highest BCUT2D eigenvalue weighted by Crippen LogP contribution is 2.18. The van der Waals surface area contributed by atoms with E-state index in [0.29, 0.717) is 16.9 Å². The van der Waals surface area contributed by atoms with E-state index in [1.54, 1.807) is 24.3 Å². The smallest absolute Gasteiger partial charge is 0.338 e. The van der Waals surface area contributed by atoms with Crippen LogP contribution >= 0.6 is 0 Å². The Hall–Kier alpha value is -3.13. The molecule has 22 heavy (non-hydrogen) atoms. The van der Waals surface area contributed by atoms with E-state index in [4.69, 9.17) is 14.7 Å². The van der Waals surface area contributed by atoms with Crippen LogP contribution in [-0.4, -0.2) is 25.5 Å². The number of nitriles is 1. The molecule has 5 heteroatoms. The third-order valence-corrected chi connectivity index (χ3v) is 2.99. The van der Waals surface area contributed by atoms with Crippen molar-refractivity contribution in [3.05, 3.63) is 65.2 Å². The van der Waals surface area contributed by atoms with Crippen molar-refractivity contribution in [1.29, 1.82) is 5.26 Å². The summed E-state index contributed by atoms with van der Waals surface area (Å²) < 4.78 is 10.1. The number of benzene rings is 2. The molecule has 0 unspecified atom stereocenters. The SMILES string of the molecule is COc1ccccc1C(=O)COC(=O)c1ccc(C#N)cc1. The molecule has 5 nitrogen and oxygen atoms in total. The summed E-state index contributed by atoms with van der Waals surface area (Å²) >= 11 is 0. The van der Waals surface area contributed by atoms with Gasteiger partial charge >= 0.3 is 5.97 Å². The first kappa shape index (κ1) is 15.3. The van der Waals surface area contributed by atoms with Crippen molar-refractivity contribution >= 4 is 11.8 Å². The minimum Gasteiger partial charge on any atom is -0.496 e. The zero-order valence-corrected chi connectivity index (χ0v) is 11.9. The van der Waals surface area contributed by atoms with Gasteiger partial charge in [0, 0.05) is 0 Å². The van der Waals surface area contributed by atoms with Gasteiger partial charge in [-0.15, -0.1) is 0 Å². The van der Waals surface area contributed by atoms with E-state index in [1.807, 2.05) is 6.07 Å². The van der Waals surface area contributed by atoms with E-state index in [1.165, 1.54) is 31.4 Å². The van der Waals surface area contributed by atoms with Crippen molar-refractivity contribution in [2.75, 3.05) is 13.7 Å². The van der Waals surface area contributed by atoms with Crippen molar-refractivity contribution < 1.29 is 19.1 Å². The third kappa shape index (κ3) is 3.49. The first-order valence-corrected chi connectivity index (χ1v) is 6.49. The Morgan fingerprint density at radius 1 is 1.09 bits per heavy atom. The summed E-state index contributed by atoms with van der Waals surface area (Å²) in [6.45, 7) is -0.376. The van der Waals surface area contributed by atoms with Crippen molar-refractivity contribution in [2.24, 2.45) is 0 Å². The molecule has 0 saturated carbocycles. The van der Waals surface area contributed by atoms with Gasteiger partial charge in [0.15, 0.2) is 6.61 Å². The van der Waals surface area contributed by atoms with Crippen LogP contribution in [0.25, 0.3) is 0 Å². The number of methoxy groups -OCH3 is 1. The number of hydrogen-bond acceptors (Lipinski definition) is 5. The molecule has 0 saturated heterocycles. The Morgan fingerprint density at radius 2 is 1.77 bits per heavy atom. The van der Waals surface area contributed by atoms with Crippen LogP contribution in [-0.2, 0) is 4.74 Å². The predicted octanol–water partition coefficient (Wildman–Crippen LogP) is 2.61. The predicted molar refractivity (Wildman–Crippen MR) is 78.8 cm³/mol. The number of hydrogen-bond donors (Lipinski definition) is 0. The standard InChI is InChI=1S/C17H13NO4/c1-21-16-5-3-2-4-14(16)15(19)11-22-17(20)13-8-6-12(10-18)7-9-13/h2-9H,11H2,1H3. The Bertz CT molecular complexity index is 729. The lowest BCUT2D eigenvalue weighted by molar-refractivity contribution is 0.0474. The lowest BCUT2D eigenvalue weighted by Crippen LogP contribution is -2.15. The molecule has 0 heterocycles. The van der Waals surface area contributed by atoms with Gasteiger partial charge in [0.1, 0.15) is 5.75 Å². The number of carbonyl (C=O) groups is 2. The van der Waals surface area contributed by atoms with E-state index in [2.05, 4.69) is 0 Å². The molecule has 2 rings (SSSR count). The van der Waals surface area contributed by atoms with Gasteiger partial charge in [-0.1, -0.05) is 12.1 Å². The highest BCUT2D eigenvalue weighted by atomic mass is 16.5. The number of nitrogens with zero attached hydrogens (tertiary/aromatic N) is 1. The molecule has 0 bridgehead atoms. The number of rotatable bonds is 5. The van der Waals surface area contributed by atoms with Gasteiger partial charge in [-0.2, -0.15) is 5.26 Å². The van der Waals surface area contributed by atoms with E-state index in [9.17, 15) is 9.59 Å². The van der Waals surface area contributed by atoms with Crippen LogP contribution in [0.4, 0.5) is 0 Å². The second kappa shape index (κ2) is 7.04. The van der Waals surface area contributed by atoms with E-state index in [0.717, 1.165) is 0 Å². The first-order chi connectivity index (χ1) is 10.7. The van der Waals surface area contributed by atoms with E-state index >= 15 is 0 Å². The molecule has 0 aliphatic carbocycles. The molecular formula is C17H13NO4. The minimum atomic E-state index is -0.618. The summed E-state index contributed by atoms with van der Waals surface area (Å²) in [4.78, 5) is 23.9. The summed E-state index contributed by atoms with van der Waals surface area (Å²) in [5.74, 6) is -0.533. The molecule has 0 fully saturated rings. The quantitative estimate of drug-likeness (QED) is 0.626. The first-order valence-electron chi connectivity index (χ1n) is 6.49. The largest absolute Gasteiger partial charge is 0.496 e. The molecular weight excluding hydrogens is 282 g/mol. The lowest BCUT2D eigenvalue weighted by Gasteiger charge is -2.08. The van der Waals surface area contributed by atoms with Crippen LogP contribution in [0.1, 0.15) is 26.3 Å². The average molecular weight is 295 g/mol. The van der Waals surface area contributed by atoms with Crippen molar-refractivity contribution in [2.45, 2.75) is 0 Å². The zero-order valence-electron chi connectivity index (χ0n) is 11.9. The van der Waals surface area contributed by atoms with Crippen LogP contribution in [0.3, 0.4) is 0 Å². The molecule has 0 spiro atoms. The molecule has 0 aliphatic rings. The summed E-state index contributed by atoms with van der Waals surface area (Å²) in [7, 11) is 1.47. The van der Waals surface area contributed by atoms with Gasteiger partial charge in [-0.05, 0) is 36.4 Å². The Kier molecular flexibility index (Phi) is 4.89. The Labute approximate surface area is 127 Å². The van der Waals surface area contributed by atoms with Crippen molar-refractivity contribution in [3.8, 4) is 11.8 Å². The summed E-state index contributed by atoms with van der Waals surface area (Å²) in [5.41, 5.74) is 1.09. The summed E-state index contributed by atoms with van der Waals surface area (Å²) in [6.07, 6.45) is 0. The van der Waals surface area contributed by atoms with Crippen molar-refractivity contribution in [3.63, 3.8) is 0 Å². The topological polar surface area (TPSA) is 76.4 Å². The zero-order chi connectivity index (χ0) is 15.9. The number of carbonyl (C=O) groups excluding carboxylic acids is 2. The van der Waals surface area contributed by atoms with Crippen LogP contribution < -0.4 is 4.74 Å². The fourth-order valence-electron chi connectivity index (χ4n) is 1.85. The molecule has 0 aromatic heterocycles. The molecule has 2 aromatic rings. The van der Waals surface area contributed by atoms with Gasteiger partial charge in [0.2, 0.25) is 5.78 Å². The maximum atomic E-state index is 12.1. The monoisotopic (exact) mass is 295 g/mol. The Balaban J connectivity index is 2.01. The van der Waals surface area contributed by atoms with Gasteiger partial charge in [-0.25, -0.2) is 4.79 Å². The number of ketones is 1. The fraction of sp³-hybridized carbons (Fsp3) is 0.118. The average Bonchev–Trinajstić information content (AvgIpc) is 2.59. The van der Waals surface area contributed by atoms with Gasteiger partial charge in [-0.3, -0.25) is 4.79 Å². The minimum absolute atomic E-state index is 0.284. The number of Topliss-reactive ketones (excluding diaryl/α,β-unsaturated/α-hetero) is 1. The van der Waals surface area contributed by atoms with Crippen LogP contribution in [0, 0.1) is 11.3 Å². The summed E-state index contributed by atoms with van der Waals surface area (Å²) in [5, 5.41) is 8.70. The second-order valence-corrected chi connectivity index (χ2v) is 4.39. The highest BCUT2D eigenvalue weighted by molar-refractivity contribution is 6.01. The van der Waals surface area contributed by atoms with Crippen LogP contribution in [0.2, 0.25) is 0 Å². The summed E-state index contributed by atoms with van der Waals surface area (Å²) in [6, 6.07) is 14.7. The fourth-order valence-corrected chi connectivity index (χ4v) is 1.85. The highest BCUT2D eigenvalue weighted by Gasteiger charge is 2.15. The van der Waals surface area contributed by atoms with Crippen LogP contribution in [0.15, 0.2) is 48.5 Å². The molecule has 0 amide bonds. The molecule has 0 aliphatic heterocycles. The van der Waals surface area contributed by atoms with Crippen LogP contribution in [0.5, 0.6) is 5.75 Å². The maximum Gasteiger partial charge on any atom is 0.338 e. The number of para-hydroxylation sites is 1. The van der Waals surface area contributed by atoms with Gasteiger partial charge in [0.25, 0.3) is 0 Å². The third-order valence-electron chi connectivity index (χ3n) is 2.99. The van der Waals surface area contributed by atoms with Crippen molar-refractivity contribution in [1.82, 2.24) is 0 Å². The van der Waals surface area contributed by atoms with Gasteiger partial charge < -0.3 is 9.47 Å². The second-order valence-electron chi connectivity index (χ2n) is 4.39. The molecule has 0 radical (unpaired) electrons. The van der Waals surface area contributed by atoms with E-state index < -0.39 is 5.97 Å². The number of esters is 1. The van der Waals surface area contributed by atoms with E-state index in [-0.39, 0.29) is 18.0 Å².